The summed E-state index contributed by atoms with van der Waals surface area (Å²) in [5, 5.41) is 9.33. The highest BCUT2D eigenvalue weighted by Gasteiger charge is 2.52. The van der Waals surface area contributed by atoms with E-state index in [0.29, 0.717) is 19.5 Å². The number of aliphatic carboxylic acids is 1. The van der Waals surface area contributed by atoms with E-state index in [1.807, 2.05) is 30.3 Å². The summed E-state index contributed by atoms with van der Waals surface area (Å²) in [5.41, 5.74) is -0.638. The third-order valence-corrected chi connectivity index (χ3v) is 4.66. The second kappa shape index (κ2) is 8.12. The van der Waals surface area contributed by atoms with Gasteiger partial charge in [0.2, 0.25) is 11.8 Å². The summed E-state index contributed by atoms with van der Waals surface area (Å²) in [6.07, 6.45) is 0.759. The van der Waals surface area contributed by atoms with E-state index in [9.17, 15) is 24.3 Å². The molecule has 2 unspecified atom stereocenters. The number of nitrogens with zero attached hydrogens (tertiary/aromatic N) is 1. The molecule has 1 aromatic carbocycles. The molecule has 1 aromatic rings. The highest BCUT2D eigenvalue weighted by atomic mass is 16.5. The van der Waals surface area contributed by atoms with Crippen LogP contribution in [0.5, 0.6) is 0 Å². The van der Waals surface area contributed by atoms with Crippen LogP contribution in [-0.2, 0) is 30.5 Å². The lowest BCUT2D eigenvalue weighted by atomic mass is 9.73. The molecule has 26 heavy (non-hydrogen) atoms. The molecule has 1 amide bonds. The minimum Gasteiger partial charge on any atom is -0.480 e. The smallest absolute Gasteiger partial charge is 0.328 e. The van der Waals surface area contributed by atoms with Crippen LogP contribution in [0.25, 0.3) is 0 Å². The number of carboxylic acid groups (broad SMARTS) is 1. The van der Waals surface area contributed by atoms with Gasteiger partial charge in [-0.3, -0.25) is 19.2 Å². The first-order valence-electron chi connectivity index (χ1n) is 8.58. The van der Waals surface area contributed by atoms with Gasteiger partial charge in [0.25, 0.3) is 0 Å². The van der Waals surface area contributed by atoms with E-state index in [1.54, 1.807) is 4.90 Å². The van der Waals surface area contributed by atoms with Gasteiger partial charge in [-0.2, -0.15) is 0 Å². The maximum atomic E-state index is 13.0. The van der Waals surface area contributed by atoms with Gasteiger partial charge in [0.05, 0.1) is 6.61 Å². The van der Waals surface area contributed by atoms with Crippen molar-refractivity contribution in [3.8, 4) is 0 Å². The number of likely N-dealkylation sites (tertiary alicyclic amines) is 1. The van der Waals surface area contributed by atoms with Crippen LogP contribution in [0.2, 0.25) is 0 Å². The summed E-state index contributed by atoms with van der Waals surface area (Å²) in [4.78, 5) is 50.8. The number of hydrogen-bond acceptors (Lipinski definition) is 5. The van der Waals surface area contributed by atoms with Crippen molar-refractivity contribution in [3.63, 3.8) is 0 Å². The SMILES string of the molecule is CCOC(=O)C(C(=O)O)C(=O)C1(C)CCCN(Cc2ccccc2)C1=O. The second-order valence-corrected chi connectivity index (χ2v) is 6.54. The van der Waals surface area contributed by atoms with Crippen molar-refractivity contribution in [2.24, 2.45) is 11.3 Å². The molecule has 0 radical (unpaired) electrons. The predicted octanol–water partition coefficient (Wildman–Crippen LogP) is 1.65. The lowest BCUT2D eigenvalue weighted by molar-refractivity contribution is -0.166. The van der Waals surface area contributed by atoms with Gasteiger partial charge in [-0.1, -0.05) is 30.3 Å². The lowest BCUT2D eigenvalue weighted by Gasteiger charge is -2.39. The number of piperidine rings is 1. The van der Waals surface area contributed by atoms with Crippen molar-refractivity contribution in [3.05, 3.63) is 35.9 Å². The van der Waals surface area contributed by atoms with Crippen LogP contribution < -0.4 is 0 Å². The van der Waals surface area contributed by atoms with E-state index in [-0.39, 0.29) is 13.0 Å². The molecule has 7 nitrogen and oxygen atoms in total. The molecule has 0 aromatic heterocycles. The zero-order valence-electron chi connectivity index (χ0n) is 14.9. The Morgan fingerprint density at radius 2 is 1.92 bits per heavy atom. The maximum Gasteiger partial charge on any atom is 0.328 e. The minimum atomic E-state index is -1.99. The molecular formula is C19H23NO6. The Labute approximate surface area is 151 Å². The summed E-state index contributed by atoms with van der Waals surface area (Å²) in [5.74, 6) is -6.07. The van der Waals surface area contributed by atoms with Gasteiger partial charge < -0.3 is 14.7 Å². The number of hydrogen-bond donors (Lipinski definition) is 1. The molecule has 140 valence electrons. The van der Waals surface area contributed by atoms with Gasteiger partial charge in [0.1, 0.15) is 5.41 Å². The topological polar surface area (TPSA) is 101 Å². The highest BCUT2D eigenvalue weighted by molar-refractivity contribution is 6.21. The van der Waals surface area contributed by atoms with Crippen LogP contribution in [0.3, 0.4) is 0 Å². The van der Waals surface area contributed by atoms with Gasteiger partial charge in [-0.05, 0) is 32.3 Å². The molecule has 2 rings (SSSR count). The molecule has 1 saturated heterocycles. The van der Waals surface area contributed by atoms with Crippen LogP contribution in [-0.4, -0.2) is 46.8 Å². The zero-order chi connectivity index (χ0) is 19.3. The predicted molar refractivity (Wildman–Crippen MR) is 92.0 cm³/mol. The number of carbonyl (C=O) groups excluding carboxylic acids is 3. The first-order valence-corrected chi connectivity index (χ1v) is 8.58. The second-order valence-electron chi connectivity index (χ2n) is 6.54. The van der Waals surface area contributed by atoms with Gasteiger partial charge in [0.15, 0.2) is 5.78 Å². The van der Waals surface area contributed by atoms with E-state index in [4.69, 9.17) is 4.74 Å². The summed E-state index contributed by atoms with van der Waals surface area (Å²) >= 11 is 0. The normalized spacial score (nSPS) is 21.2. The number of ether oxygens (including phenoxy) is 1. The summed E-state index contributed by atoms with van der Waals surface area (Å²) in [7, 11) is 0. The van der Waals surface area contributed by atoms with Gasteiger partial charge in [0, 0.05) is 13.1 Å². The van der Waals surface area contributed by atoms with Crippen molar-refractivity contribution in [1.29, 1.82) is 0 Å². The average Bonchev–Trinajstić information content (AvgIpc) is 2.60. The van der Waals surface area contributed by atoms with E-state index < -0.39 is 35.0 Å². The number of rotatable bonds is 7. The summed E-state index contributed by atoms with van der Waals surface area (Å²) < 4.78 is 4.71. The molecular weight excluding hydrogens is 338 g/mol. The van der Waals surface area contributed by atoms with Crippen LogP contribution in [0.1, 0.15) is 32.3 Å². The molecule has 0 bridgehead atoms. The Morgan fingerprint density at radius 1 is 1.27 bits per heavy atom. The van der Waals surface area contributed by atoms with E-state index in [1.165, 1.54) is 13.8 Å². The maximum absolute atomic E-state index is 13.0. The largest absolute Gasteiger partial charge is 0.480 e. The molecule has 0 spiro atoms. The number of esters is 1. The number of ketones is 1. The van der Waals surface area contributed by atoms with Gasteiger partial charge >= 0.3 is 11.9 Å². The molecule has 0 aliphatic carbocycles. The summed E-state index contributed by atoms with van der Waals surface area (Å²) in [6.45, 7) is 3.72. The molecule has 1 fully saturated rings. The Balaban J connectivity index is 2.25. The quantitative estimate of drug-likeness (QED) is 0.585. The molecule has 0 saturated carbocycles. The highest BCUT2D eigenvalue weighted by Crippen LogP contribution is 2.35. The van der Waals surface area contributed by atoms with Crippen molar-refractivity contribution >= 4 is 23.6 Å². The Hall–Kier alpha value is -2.70. The molecule has 7 heteroatoms. The van der Waals surface area contributed by atoms with Gasteiger partial charge in [-0.15, -0.1) is 0 Å². The van der Waals surface area contributed by atoms with Crippen LogP contribution >= 0.6 is 0 Å². The third kappa shape index (κ3) is 3.92. The molecule has 1 aliphatic rings. The van der Waals surface area contributed by atoms with E-state index in [2.05, 4.69) is 0 Å². The fourth-order valence-electron chi connectivity index (χ4n) is 3.23. The van der Waals surface area contributed by atoms with Crippen molar-refractivity contribution in [2.45, 2.75) is 33.2 Å². The Morgan fingerprint density at radius 3 is 2.50 bits per heavy atom. The number of amides is 1. The number of carbonyl (C=O) groups is 4. The number of benzene rings is 1. The van der Waals surface area contributed by atoms with Gasteiger partial charge in [-0.25, -0.2) is 0 Å². The van der Waals surface area contributed by atoms with Crippen LogP contribution in [0.4, 0.5) is 0 Å². The number of Topliss-reactive ketones (excluding diaryl/α,β-unsaturated/α-hetero) is 1. The van der Waals surface area contributed by atoms with E-state index >= 15 is 0 Å². The van der Waals surface area contributed by atoms with Crippen molar-refractivity contribution in [1.82, 2.24) is 4.90 Å². The Bertz CT molecular complexity index is 701. The van der Waals surface area contributed by atoms with Crippen LogP contribution in [0, 0.1) is 11.3 Å². The summed E-state index contributed by atoms with van der Waals surface area (Å²) in [6, 6.07) is 9.33. The van der Waals surface area contributed by atoms with E-state index in [0.717, 1.165) is 5.56 Å². The Kier molecular flexibility index (Phi) is 6.13. The van der Waals surface area contributed by atoms with Crippen molar-refractivity contribution in [2.75, 3.05) is 13.2 Å². The molecule has 1 N–H and O–H groups in total. The fourth-order valence-corrected chi connectivity index (χ4v) is 3.23. The fraction of sp³-hybridized carbons (Fsp3) is 0.474. The molecule has 2 atom stereocenters. The molecule has 1 aliphatic heterocycles. The zero-order valence-corrected chi connectivity index (χ0v) is 14.9. The molecule has 1 heterocycles. The van der Waals surface area contributed by atoms with Crippen LogP contribution in [0.15, 0.2) is 30.3 Å². The number of carboxylic acids is 1. The standard InChI is InChI=1S/C19H23NO6/c1-3-26-17(24)14(16(22)23)15(21)19(2)10-7-11-20(18(19)25)12-13-8-5-4-6-9-13/h4-6,8-9,14H,3,7,10-12H2,1-2H3,(H,22,23). The first kappa shape index (κ1) is 19.6. The minimum absolute atomic E-state index is 0.0410. The average molecular weight is 361 g/mol. The lowest BCUT2D eigenvalue weighted by Crippen LogP contribution is -2.54. The van der Waals surface area contributed by atoms with Crippen molar-refractivity contribution < 1.29 is 29.0 Å². The third-order valence-electron chi connectivity index (χ3n) is 4.66. The first-order chi connectivity index (χ1) is 12.3. The monoisotopic (exact) mass is 361 g/mol.